The van der Waals surface area contributed by atoms with Crippen LogP contribution in [0.5, 0.6) is 0 Å². The molecule has 0 saturated heterocycles. The predicted molar refractivity (Wildman–Crippen MR) is 193 cm³/mol. The number of hydrogen-bond donors (Lipinski definition) is 0. The van der Waals surface area contributed by atoms with Gasteiger partial charge in [-0.1, -0.05) is 206 Å². The highest BCUT2D eigenvalue weighted by Crippen LogP contribution is 2.15. The normalized spacial score (nSPS) is 11.6. The van der Waals surface area contributed by atoms with Crippen molar-refractivity contribution in [1.82, 2.24) is 0 Å². The van der Waals surface area contributed by atoms with Crippen LogP contribution in [-0.2, 0) is 9.53 Å². The first kappa shape index (κ1) is 42.2. The first-order chi connectivity index (χ1) is 21.3. The lowest BCUT2D eigenvalue weighted by Gasteiger charge is -2.06. The van der Waals surface area contributed by atoms with Crippen LogP contribution in [0.4, 0.5) is 0 Å². The van der Waals surface area contributed by atoms with Crippen molar-refractivity contribution in [1.29, 1.82) is 0 Å². The molecule has 0 aromatic carbocycles. The maximum absolute atomic E-state index is 12.0. The second kappa shape index (κ2) is 39.2. The number of hydrogen-bond acceptors (Lipinski definition) is 2. The predicted octanol–water partition coefficient (Wildman–Crippen LogP) is 14.8. The average Bonchev–Trinajstić information content (AvgIpc) is 3.01. The van der Waals surface area contributed by atoms with E-state index in [4.69, 9.17) is 4.74 Å². The molecule has 0 saturated carbocycles. The first-order valence-corrected chi connectivity index (χ1v) is 20.1. The smallest absolute Gasteiger partial charge is 0.305 e. The molecule has 0 aromatic heterocycles. The fraction of sp³-hybridized carbons (Fsp3) is 0.927. The Hall–Kier alpha value is -0.790. The van der Waals surface area contributed by atoms with Crippen molar-refractivity contribution < 1.29 is 9.53 Å². The van der Waals surface area contributed by atoms with Gasteiger partial charge >= 0.3 is 5.97 Å². The average molecular weight is 605 g/mol. The van der Waals surface area contributed by atoms with E-state index in [1.165, 1.54) is 205 Å². The molecule has 0 aliphatic heterocycles. The Kier molecular flexibility index (Phi) is 38.5. The van der Waals surface area contributed by atoms with E-state index in [2.05, 4.69) is 26.0 Å². The maximum Gasteiger partial charge on any atom is 0.305 e. The molecule has 0 bridgehead atoms. The molecule has 0 N–H and O–H groups in total. The van der Waals surface area contributed by atoms with Crippen LogP contribution in [0.25, 0.3) is 0 Å². The molecule has 256 valence electrons. The SMILES string of the molecule is CCCCCCCCCCC=CCCCCCCCCCC(=O)OCCCCCCCCCCCCCCCCCCC. The standard InChI is InChI=1S/C41H80O2/c1-3-5-7-9-11-13-15-17-19-21-22-23-25-27-29-31-33-35-37-39-41(42)43-40-38-36-34-32-30-28-26-24-20-18-16-14-12-10-8-6-4-2/h21-22H,3-20,23-40H2,1-2H3. The Labute approximate surface area is 272 Å². The van der Waals surface area contributed by atoms with Crippen LogP contribution in [0, 0.1) is 0 Å². The van der Waals surface area contributed by atoms with Gasteiger partial charge in [0.15, 0.2) is 0 Å². The van der Waals surface area contributed by atoms with Gasteiger partial charge in [0, 0.05) is 6.42 Å². The second-order valence-corrected chi connectivity index (χ2v) is 13.6. The molecule has 0 spiro atoms. The molecule has 0 unspecified atom stereocenters. The molecule has 0 aliphatic rings. The van der Waals surface area contributed by atoms with Crippen LogP contribution in [0.2, 0.25) is 0 Å². The number of carbonyl (C=O) groups is 1. The van der Waals surface area contributed by atoms with Gasteiger partial charge in [-0.15, -0.1) is 0 Å². The van der Waals surface area contributed by atoms with Gasteiger partial charge in [0.25, 0.3) is 0 Å². The highest BCUT2D eigenvalue weighted by molar-refractivity contribution is 5.69. The van der Waals surface area contributed by atoms with Gasteiger partial charge in [0.1, 0.15) is 0 Å². The van der Waals surface area contributed by atoms with E-state index >= 15 is 0 Å². The zero-order chi connectivity index (χ0) is 31.2. The molecule has 0 aliphatic carbocycles. The Morgan fingerprint density at radius 2 is 0.651 bits per heavy atom. The number of esters is 1. The molecule has 0 heterocycles. The van der Waals surface area contributed by atoms with Gasteiger partial charge in [-0.25, -0.2) is 0 Å². The van der Waals surface area contributed by atoms with Gasteiger partial charge in [0.2, 0.25) is 0 Å². The summed E-state index contributed by atoms with van der Waals surface area (Å²) in [6.45, 7) is 5.21. The van der Waals surface area contributed by atoms with E-state index in [-0.39, 0.29) is 5.97 Å². The molecule has 0 amide bonds. The largest absolute Gasteiger partial charge is 0.466 e. The van der Waals surface area contributed by atoms with E-state index in [9.17, 15) is 4.79 Å². The quantitative estimate of drug-likeness (QED) is 0.0400. The first-order valence-electron chi connectivity index (χ1n) is 20.1. The van der Waals surface area contributed by atoms with Crippen LogP contribution in [0.1, 0.15) is 239 Å². The van der Waals surface area contributed by atoms with Crippen LogP contribution >= 0.6 is 0 Å². The molecule has 0 fully saturated rings. The topological polar surface area (TPSA) is 26.3 Å². The third-order valence-corrected chi connectivity index (χ3v) is 9.15. The van der Waals surface area contributed by atoms with Gasteiger partial charge < -0.3 is 4.74 Å². The molecule has 2 nitrogen and oxygen atoms in total. The Morgan fingerprint density at radius 1 is 0.372 bits per heavy atom. The van der Waals surface area contributed by atoms with Gasteiger partial charge in [-0.2, -0.15) is 0 Å². The van der Waals surface area contributed by atoms with Crippen molar-refractivity contribution in [2.24, 2.45) is 0 Å². The fourth-order valence-electron chi connectivity index (χ4n) is 6.13. The Bertz CT molecular complexity index is 540. The zero-order valence-corrected chi connectivity index (χ0v) is 29.9. The fourth-order valence-corrected chi connectivity index (χ4v) is 6.13. The summed E-state index contributed by atoms with van der Waals surface area (Å²) >= 11 is 0. The number of allylic oxidation sites excluding steroid dienone is 2. The number of unbranched alkanes of at least 4 members (excludes halogenated alkanes) is 31. The van der Waals surface area contributed by atoms with E-state index in [1.807, 2.05) is 0 Å². The second-order valence-electron chi connectivity index (χ2n) is 13.6. The minimum Gasteiger partial charge on any atom is -0.466 e. The molecule has 0 aromatic rings. The Morgan fingerprint density at radius 3 is 1.00 bits per heavy atom. The molecule has 0 radical (unpaired) electrons. The summed E-state index contributed by atoms with van der Waals surface area (Å²) in [5, 5.41) is 0. The zero-order valence-electron chi connectivity index (χ0n) is 29.9. The van der Waals surface area contributed by atoms with Crippen LogP contribution in [0.3, 0.4) is 0 Å². The molecular weight excluding hydrogens is 524 g/mol. The van der Waals surface area contributed by atoms with E-state index in [0.717, 1.165) is 12.8 Å². The molecule has 0 atom stereocenters. The van der Waals surface area contributed by atoms with Crippen molar-refractivity contribution in [3.8, 4) is 0 Å². The highest BCUT2D eigenvalue weighted by atomic mass is 16.5. The summed E-state index contributed by atoms with van der Waals surface area (Å²) in [5.74, 6) is 0.0234. The molecule has 43 heavy (non-hydrogen) atoms. The third-order valence-electron chi connectivity index (χ3n) is 9.15. The van der Waals surface area contributed by atoms with Gasteiger partial charge in [-0.3, -0.25) is 4.79 Å². The summed E-state index contributed by atoms with van der Waals surface area (Å²) < 4.78 is 5.46. The minimum atomic E-state index is 0.0234. The number of rotatable bonds is 37. The van der Waals surface area contributed by atoms with E-state index in [0.29, 0.717) is 13.0 Å². The minimum absolute atomic E-state index is 0.0234. The Balaban J connectivity index is 3.18. The molecule has 0 rings (SSSR count). The van der Waals surface area contributed by atoms with Crippen molar-refractivity contribution in [3.63, 3.8) is 0 Å². The molecular formula is C41H80O2. The molecule has 2 heteroatoms. The van der Waals surface area contributed by atoms with Crippen LogP contribution in [0.15, 0.2) is 12.2 Å². The summed E-state index contributed by atoms with van der Waals surface area (Å²) in [5.41, 5.74) is 0. The monoisotopic (exact) mass is 605 g/mol. The van der Waals surface area contributed by atoms with Crippen molar-refractivity contribution >= 4 is 5.97 Å². The number of carbonyl (C=O) groups excluding carboxylic acids is 1. The van der Waals surface area contributed by atoms with Crippen LogP contribution in [-0.4, -0.2) is 12.6 Å². The third kappa shape index (κ3) is 39.2. The number of ether oxygens (including phenoxy) is 1. The van der Waals surface area contributed by atoms with Gasteiger partial charge in [-0.05, 0) is 38.5 Å². The van der Waals surface area contributed by atoms with Crippen molar-refractivity contribution in [2.45, 2.75) is 239 Å². The summed E-state index contributed by atoms with van der Waals surface area (Å²) in [4.78, 5) is 12.0. The summed E-state index contributed by atoms with van der Waals surface area (Å²) in [6.07, 6.45) is 51.5. The lowest BCUT2D eigenvalue weighted by atomic mass is 10.0. The van der Waals surface area contributed by atoms with Crippen molar-refractivity contribution in [2.75, 3.05) is 6.61 Å². The van der Waals surface area contributed by atoms with Crippen LogP contribution < -0.4 is 0 Å². The maximum atomic E-state index is 12.0. The van der Waals surface area contributed by atoms with Crippen molar-refractivity contribution in [3.05, 3.63) is 12.2 Å². The summed E-state index contributed by atoms with van der Waals surface area (Å²) in [7, 11) is 0. The lowest BCUT2D eigenvalue weighted by molar-refractivity contribution is -0.143. The lowest BCUT2D eigenvalue weighted by Crippen LogP contribution is -2.05. The van der Waals surface area contributed by atoms with Gasteiger partial charge in [0.05, 0.1) is 6.61 Å². The van der Waals surface area contributed by atoms with E-state index < -0.39 is 0 Å². The van der Waals surface area contributed by atoms with E-state index in [1.54, 1.807) is 0 Å². The highest BCUT2D eigenvalue weighted by Gasteiger charge is 2.03. The summed E-state index contributed by atoms with van der Waals surface area (Å²) in [6, 6.07) is 0.